The Hall–Kier alpha value is -0.830. The molecule has 0 saturated heterocycles. The molecule has 2 aromatic heterocycles. The van der Waals surface area contributed by atoms with Gasteiger partial charge in [-0.15, -0.1) is 0 Å². The van der Waals surface area contributed by atoms with E-state index in [2.05, 4.69) is 45.4 Å². The number of hydrogen-bond acceptors (Lipinski definition) is 1. The summed E-state index contributed by atoms with van der Waals surface area (Å²) >= 11 is 3.52. The maximum atomic E-state index is 4.59. The summed E-state index contributed by atoms with van der Waals surface area (Å²) in [5.41, 5.74) is 2.23. The van der Waals surface area contributed by atoms with Crippen molar-refractivity contribution in [1.82, 2.24) is 9.38 Å². The van der Waals surface area contributed by atoms with Gasteiger partial charge in [-0.3, -0.25) is 0 Å². The summed E-state index contributed by atoms with van der Waals surface area (Å²) in [5.74, 6) is 0. The first-order valence-corrected chi connectivity index (χ1v) is 5.76. The van der Waals surface area contributed by atoms with Crippen LogP contribution in [0.15, 0.2) is 30.6 Å². The summed E-state index contributed by atoms with van der Waals surface area (Å²) in [6.45, 7) is 4.37. The topological polar surface area (TPSA) is 17.3 Å². The van der Waals surface area contributed by atoms with Crippen LogP contribution in [0.2, 0.25) is 0 Å². The third-order valence-electron chi connectivity index (χ3n) is 2.39. The van der Waals surface area contributed by atoms with E-state index in [1.807, 2.05) is 24.4 Å². The molecule has 74 valence electrons. The van der Waals surface area contributed by atoms with Crippen LogP contribution in [0.3, 0.4) is 0 Å². The van der Waals surface area contributed by atoms with E-state index in [-0.39, 0.29) is 5.41 Å². The fourth-order valence-electron chi connectivity index (χ4n) is 1.33. The molecule has 2 aromatic rings. The van der Waals surface area contributed by atoms with Gasteiger partial charge in [-0.05, 0) is 12.1 Å². The molecule has 0 atom stereocenters. The van der Waals surface area contributed by atoms with E-state index in [4.69, 9.17) is 0 Å². The number of rotatable bonds is 2. The van der Waals surface area contributed by atoms with E-state index < -0.39 is 0 Å². The van der Waals surface area contributed by atoms with Crippen molar-refractivity contribution in [2.24, 2.45) is 0 Å². The normalized spacial score (nSPS) is 12.2. The molecule has 0 amide bonds. The number of halogens is 1. The Morgan fingerprint density at radius 2 is 2.21 bits per heavy atom. The first kappa shape index (κ1) is 9.71. The lowest BCUT2D eigenvalue weighted by Gasteiger charge is -2.17. The van der Waals surface area contributed by atoms with Gasteiger partial charge in [0.1, 0.15) is 5.65 Å². The molecular formula is C11H13BrN2. The minimum absolute atomic E-state index is 0.0893. The molecule has 0 aromatic carbocycles. The van der Waals surface area contributed by atoms with Crippen LogP contribution in [0.5, 0.6) is 0 Å². The molecule has 2 rings (SSSR count). The maximum absolute atomic E-state index is 4.59. The molecule has 2 heterocycles. The third-order valence-corrected chi connectivity index (χ3v) is 3.79. The quantitative estimate of drug-likeness (QED) is 0.752. The number of pyridine rings is 1. The van der Waals surface area contributed by atoms with Gasteiger partial charge in [0, 0.05) is 23.1 Å². The summed E-state index contributed by atoms with van der Waals surface area (Å²) < 4.78 is 2.06. The molecule has 0 saturated carbocycles. The van der Waals surface area contributed by atoms with Crippen LogP contribution in [0.25, 0.3) is 5.65 Å². The lowest BCUT2D eigenvalue weighted by molar-refractivity contribution is 0.589. The van der Waals surface area contributed by atoms with Gasteiger partial charge in [-0.1, -0.05) is 35.8 Å². The van der Waals surface area contributed by atoms with Crippen molar-refractivity contribution < 1.29 is 0 Å². The number of imidazole rings is 1. The maximum Gasteiger partial charge on any atom is 0.136 e. The van der Waals surface area contributed by atoms with Crippen molar-refractivity contribution in [2.45, 2.75) is 19.3 Å². The lowest BCUT2D eigenvalue weighted by Crippen LogP contribution is -2.19. The molecule has 0 N–H and O–H groups in total. The highest BCUT2D eigenvalue weighted by molar-refractivity contribution is 9.09. The van der Waals surface area contributed by atoms with E-state index in [1.165, 1.54) is 0 Å². The standard InChI is InChI=1S/C11H13BrN2/c1-11(2,8-12)9-7-14-6-4-3-5-10(14)13-9/h3-7H,8H2,1-2H3. The molecule has 0 radical (unpaired) electrons. The second-order valence-electron chi connectivity index (χ2n) is 4.11. The van der Waals surface area contributed by atoms with Crippen LogP contribution in [0, 0.1) is 0 Å². The molecular weight excluding hydrogens is 240 g/mol. The summed E-state index contributed by atoms with van der Waals surface area (Å²) in [5, 5.41) is 0.921. The fraction of sp³-hybridized carbons (Fsp3) is 0.364. The van der Waals surface area contributed by atoms with Crippen LogP contribution in [-0.2, 0) is 5.41 Å². The Labute approximate surface area is 92.1 Å². The molecule has 0 aliphatic carbocycles. The van der Waals surface area contributed by atoms with Crippen molar-refractivity contribution >= 4 is 21.6 Å². The number of nitrogens with zero attached hydrogens (tertiary/aromatic N) is 2. The Balaban J connectivity index is 2.55. The number of fused-ring (bicyclic) bond motifs is 1. The van der Waals surface area contributed by atoms with Crippen LogP contribution in [0.1, 0.15) is 19.5 Å². The van der Waals surface area contributed by atoms with Gasteiger partial charge in [-0.25, -0.2) is 4.98 Å². The summed E-state index contributed by atoms with van der Waals surface area (Å²) in [7, 11) is 0. The highest BCUT2D eigenvalue weighted by Gasteiger charge is 2.22. The lowest BCUT2D eigenvalue weighted by atomic mass is 9.93. The zero-order valence-corrected chi connectivity index (χ0v) is 9.95. The van der Waals surface area contributed by atoms with E-state index in [0.717, 1.165) is 16.7 Å². The van der Waals surface area contributed by atoms with E-state index >= 15 is 0 Å². The predicted molar refractivity (Wildman–Crippen MR) is 62.0 cm³/mol. The second-order valence-corrected chi connectivity index (χ2v) is 4.67. The highest BCUT2D eigenvalue weighted by atomic mass is 79.9. The second kappa shape index (κ2) is 3.39. The molecule has 0 spiro atoms. The summed E-state index contributed by atoms with van der Waals surface area (Å²) in [6, 6.07) is 6.04. The van der Waals surface area contributed by atoms with Gasteiger partial charge in [0.15, 0.2) is 0 Å². The van der Waals surface area contributed by atoms with E-state index in [1.54, 1.807) is 0 Å². The van der Waals surface area contributed by atoms with Crippen molar-refractivity contribution in [1.29, 1.82) is 0 Å². The largest absolute Gasteiger partial charge is 0.307 e. The van der Waals surface area contributed by atoms with Crippen LogP contribution < -0.4 is 0 Å². The van der Waals surface area contributed by atoms with Crippen LogP contribution in [-0.4, -0.2) is 14.7 Å². The molecule has 0 fully saturated rings. The third kappa shape index (κ3) is 1.57. The van der Waals surface area contributed by atoms with Gasteiger partial charge in [0.25, 0.3) is 0 Å². The summed E-state index contributed by atoms with van der Waals surface area (Å²) in [4.78, 5) is 4.59. The van der Waals surface area contributed by atoms with Gasteiger partial charge < -0.3 is 4.40 Å². The minimum Gasteiger partial charge on any atom is -0.307 e. The monoisotopic (exact) mass is 252 g/mol. The molecule has 2 nitrogen and oxygen atoms in total. The first-order chi connectivity index (χ1) is 6.63. The van der Waals surface area contributed by atoms with E-state index in [0.29, 0.717) is 0 Å². The average Bonchev–Trinajstić information content (AvgIpc) is 2.61. The van der Waals surface area contributed by atoms with Gasteiger partial charge in [-0.2, -0.15) is 0 Å². The Kier molecular flexibility index (Phi) is 2.35. The number of alkyl halides is 1. The van der Waals surface area contributed by atoms with Gasteiger partial charge >= 0.3 is 0 Å². The molecule has 14 heavy (non-hydrogen) atoms. The number of hydrogen-bond donors (Lipinski definition) is 0. The molecule has 3 heteroatoms. The van der Waals surface area contributed by atoms with Crippen LogP contribution >= 0.6 is 15.9 Å². The SMILES string of the molecule is CC(C)(CBr)c1cn2ccccc2n1. The highest BCUT2D eigenvalue weighted by Crippen LogP contribution is 2.24. The van der Waals surface area contributed by atoms with Crippen molar-refractivity contribution in [2.75, 3.05) is 5.33 Å². The van der Waals surface area contributed by atoms with Crippen molar-refractivity contribution in [3.05, 3.63) is 36.3 Å². The van der Waals surface area contributed by atoms with Crippen molar-refractivity contribution in [3.8, 4) is 0 Å². The fourth-order valence-corrected chi connectivity index (χ4v) is 1.62. The van der Waals surface area contributed by atoms with Gasteiger partial charge in [0.2, 0.25) is 0 Å². The summed E-state index contributed by atoms with van der Waals surface area (Å²) in [6.07, 6.45) is 4.12. The average molecular weight is 253 g/mol. The number of aromatic nitrogens is 2. The zero-order valence-electron chi connectivity index (χ0n) is 8.37. The Morgan fingerprint density at radius 1 is 1.43 bits per heavy atom. The Morgan fingerprint density at radius 3 is 2.86 bits per heavy atom. The zero-order chi connectivity index (χ0) is 10.2. The smallest absolute Gasteiger partial charge is 0.136 e. The molecule has 0 bridgehead atoms. The van der Waals surface area contributed by atoms with Gasteiger partial charge in [0.05, 0.1) is 5.69 Å². The Bertz CT molecular complexity index is 412. The molecule has 0 unspecified atom stereocenters. The molecule has 0 aliphatic heterocycles. The predicted octanol–water partition coefficient (Wildman–Crippen LogP) is 3.01. The van der Waals surface area contributed by atoms with E-state index in [9.17, 15) is 0 Å². The van der Waals surface area contributed by atoms with Crippen LogP contribution in [0.4, 0.5) is 0 Å². The first-order valence-electron chi connectivity index (χ1n) is 4.64. The van der Waals surface area contributed by atoms with Crippen molar-refractivity contribution in [3.63, 3.8) is 0 Å². The minimum atomic E-state index is 0.0893. The molecule has 0 aliphatic rings.